The Bertz CT molecular complexity index is 822. The third-order valence-corrected chi connectivity index (χ3v) is 7.19. The van der Waals surface area contributed by atoms with E-state index in [1.807, 2.05) is 0 Å². The molecule has 3 aromatic rings. The maximum Gasteiger partial charge on any atom is 0.0523 e. The van der Waals surface area contributed by atoms with Crippen molar-refractivity contribution in [3.8, 4) is 0 Å². The molecule has 0 fully saturated rings. The van der Waals surface area contributed by atoms with E-state index in [1.54, 1.807) is 0 Å². The first-order valence-electron chi connectivity index (χ1n) is 7.47. The fourth-order valence-electron chi connectivity index (χ4n) is 3.33. The van der Waals surface area contributed by atoms with E-state index in [4.69, 9.17) is 0 Å². The Kier molecular flexibility index (Phi) is 4.70. The Morgan fingerprint density at radius 2 is 1.55 bits per heavy atom. The summed E-state index contributed by atoms with van der Waals surface area (Å²) in [6.45, 7) is 6.00. The molecule has 0 saturated carbocycles. The Balaban J connectivity index is 0.000000693. The van der Waals surface area contributed by atoms with Gasteiger partial charge in [-0.2, -0.15) is 0 Å². The van der Waals surface area contributed by atoms with E-state index in [0.29, 0.717) is 9.65 Å². The Morgan fingerprint density at radius 3 is 2.36 bits per heavy atom. The van der Waals surface area contributed by atoms with Gasteiger partial charge in [0.05, 0.1) is 4.83 Å². The minimum atomic E-state index is 0.419. The number of rotatable bonds is 0. The summed E-state index contributed by atoms with van der Waals surface area (Å²) in [5.74, 6) is 0. The molecule has 1 aliphatic rings. The van der Waals surface area contributed by atoms with Crippen molar-refractivity contribution in [1.82, 2.24) is 0 Å². The summed E-state index contributed by atoms with van der Waals surface area (Å²) in [5, 5.41) is 5.49. The van der Waals surface area contributed by atoms with E-state index < -0.39 is 0 Å². The molecule has 0 saturated heterocycles. The van der Waals surface area contributed by atoms with Gasteiger partial charge in [0.1, 0.15) is 0 Å². The third-order valence-electron chi connectivity index (χ3n) is 4.36. The highest BCUT2D eigenvalue weighted by atomic mass is 79.9. The van der Waals surface area contributed by atoms with Gasteiger partial charge in [-0.15, -0.1) is 13.2 Å². The van der Waals surface area contributed by atoms with Crippen molar-refractivity contribution in [2.75, 3.05) is 0 Å². The predicted octanol–water partition coefficient (Wildman–Crippen LogP) is 6.94. The van der Waals surface area contributed by atoms with Crippen molar-refractivity contribution in [3.63, 3.8) is 0 Å². The van der Waals surface area contributed by atoms with Gasteiger partial charge in [0.15, 0.2) is 0 Å². The SMILES string of the molecule is BrC1CCc2c(ccc3c2ccc2ccccc23)C1Br.C=C. The van der Waals surface area contributed by atoms with Gasteiger partial charge in [0, 0.05) is 4.83 Å². The molecule has 112 valence electrons. The zero-order chi connectivity index (χ0) is 15.7. The highest BCUT2D eigenvalue weighted by Gasteiger charge is 2.26. The number of aryl methyl sites for hydroxylation is 1. The highest BCUT2D eigenvalue weighted by molar-refractivity contribution is 9.12. The summed E-state index contributed by atoms with van der Waals surface area (Å²) < 4.78 is 0. The van der Waals surface area contributed by atoms with E-state index in [1.165, 1.54) is 39.1 Å². The maximum atomic E-state index is 3.84. The molecule has 2 unspecified atom stereocenters. The first kappa shape index (κ1) is 15.8. The second-order valence-corrected chi connectivity index (χ2v) is 7.63. The van der Waals surface area contributed by atoms with E-state index in [-0.39, 0.29) is 0 Å². The first-order chi connectivity index (χ1) is 10.8. The molecule has 0 spiro atoms. The van der Waals surface area contributed by atoms with Crippen LogP contribution in [-0.2, 0) is 6.42 Å². The Hall–Kier alpha value is -1.12. The molecule has 3 aromatic carbocycles. The molecule has 4 rings (SSSR count). The zero-order valence-corrected chi connectivity index (χ0v) is 15.5. The molecule has 0 radical (unpaired) electrons. The van der Waals surface area contributed by atoms with Crippen LogP contribution in [0.2, 0.25) is 0 Å². The molecule has 22 heavy (non-hydrogen) atoms. The number of hydrogen-bond donors (Lipinski definition) is 0. The fourth-order valence-corrected chi connectivity index (χ4v) is 4.54. The van der Waals surface area contributed by atoms with Gasteiger partial charge in [0.2, 0.25) is 0 Å². The lowest BCUT2D eigenvalue weighted by atomic mass is 9.86. The number of fused-ring (bicyclic) bond motifs is 5. The van der Waals surface area contributed by atoms with Gasteiger partial charge < -0.3 is 0 Å². The van der Waals surface area contributed by atoms with E-state index in [0.717, 1.165) is 6.42 Å². The average molecular weight is 418 g/mol. The van der Waals surface area contributed by atoms with Crippen LogP contribution < -0.4 is 0 Å². The lowest BCUT2D eigenvalue weighted by Crippen LogP contribution is -2.16. The van der Waals surface area contributed by atoms with Crippen LogP contribution >= 0.6 is 31.9 Å². The van der Waals surface area contributed by atoms with Gasteiger partial charge in [0.25, 0.3) is 0 Å². The van der Waals surface area contributed by atoms with Crippen LogP contribution in [0.3, 0.4) is 0 Å². The topological polar surface area (TPSA) is 0 Å². The van der Waals surface area contributed by atoms with Crippen LogP contribution in [0.1, 0.15) is 22.4 Å². The molecular formula is C20H18Br2. The molecule has 2 heteroatoms. The van der Waals surface area contributed by atoms with Crippen molar-refractivity contribution >= 4 is 53.4 Å². The summed E-state index contributed by atoms with van der Waals surface area (Å²) >= 11 is 7.62. The van der Waals surface area contributed by atoms with Crippen LogP contribution in [-0.4, -0.2) is 4.83 Å². The normalized spacial score (nSPS) is 20.3. The largest absolute Gasteiger partial charge is 0.106 e. The lowest BCUT2D eigenvalue weighted by molar-refractivity contribution is 0.712. The number of benzene rings is 3. The van der Waals surface area contributed by atoms with Gasteiger partial charge in [-0.3, -0.25) is 0 Å². The van der Waals surface area contributed by atoms with Gasteiger partial charge in [-0.25, -0.2) is 0 Å². The Labute approximate surface area is 148 Å². The standard InChI is InChI=1S/C18H14Br2.C2H4/c19-17-10-9-15-14-6-5-11-3-1-2-4-12(11)13(14)7-8-16(15)18(17)20;1-2/h1-8,17-18H,9-10H2;1-2H2. The van der Waals surface area contributed by atoms with Crippen LogP contribution in [0, 0.1) is 0 Å². The summed E-state index contributed by atoms with van der Waals surface area (Å²) in [7, 11) is 0. The Morgan fingerprint density at radius 1 is 0.818 bits per heavy atom. The molecule has 0 heterocycles. The smallest absolute Gasteiger partial charge is 0.0523 e. The van der Waals surface area contributed by atoms with E-state index in [9.17, 15) is 0 Å². The summed E-state index contributed by atoms with van der Waals surface area (Å²) in [6, 6.07) is 17.8. The second-order valence-electron chi connectivity index (χ2n) is 5.47. The molecule has 0 aliphatic heterocycles. The monoisotopic (exact) mass is 416 g/mol. The van der Waals surface area contributed by atoms with Crippen molar-refractivity contribution in [3.05, 3.63) is 72.8 Å². The summed E-state index contributed by atoms with van der Waals surface area (Å²) in [5.41, 5.74) is 2.96. The number of halogens is 2. The van der Waals surface area contributed by atoms with E-state index in [2.05, 4.69) is 93.5 Å². The molecule has 0 N–H and O–H groups in total. The summed E-state index contributed by atoms with van der Waals surface area (Å²) in [6.07, 6.45) is 2.35. The van der Waals surface area contributed by atoms with Crippen LogP contribution in [0.25, 0.3) is 21.5 Å². The molecule has 1 aliphatic carbocycles. The average Bonchev–Trinajstić information content (AvgIpc) is 2.59. The molecule has 2 atom stereocenters. The highest BCUT2D eigenvalue weighted by Crippen LogP contribution is 2.43. The first-order valence-corrected chi connectivity index (χ1v) is 9.30. The minimum Gasteiger partial charge on any atom is -0.106 e. The lowest BCUT2D eigenvalue weighted by Gasteiger charge is -2.27. The summed E-state index contributed by atoms with van der Waals surface area (Å²) in [4.78, 5) is 0.954. The molecule has 0 nitrogen and oxygen atoms in total. The fraction of sp³-hybridized carbons (Fsp3) is 0.200. The minimum absolute atomic E-state index is 0.419. The van der Waals surface area contributed by atoms with Crippen molar-refractivity contribution < 1.29 is 0 Å². The van der Waals surface area contributed by atoms with Crippen LogP contribution in [0.5, 0.6) is 0 Å². The van der Waals surface area contributed by atoms with Gasteiger partial charge in [-0.05, 0) is 45.5 Å². The number of alkyl halides is 2. The molecule has 0 amide bonds. The maximum absolute atomic E-state index is 3.84. The second kappa shape index (κ2) is 6.55. The zero-order valence-electron chi connectivity index (χ0n) is 12.4. The predicted molar refractivity (Wildman–Crippen MR) is 105 cm³/mol. The number of hydrogen-bond acceptors (Lipinski definition) is 0. The molecule has 0 aromatic heterocycles. The van der Waals surface area contributed by atoms with E-state index >= 15 is 0 Å². The van der Waals surface area contributed by atoms with Crippen LogP contribution in [0.4, 0.5) is 0 Å². The van der Waals surface area contributed by atoms with Crippen molar-refractivity contribution in [2.24, 2.45) is 0 Å². The quantitative estimate of drug-likeness (QED) is 0.211. The van der Waals surface area contributed by atoms with Crippen molar-refractivity contribution in [2.45, 2.75) is 22.5 Å². The van der Waals surface area contributed by atoms with Crippen LogP contribution in [0.15, 0.2) is 61.7 Å². The third kappa shape index (κ3) is 2.53. The molecular weight excluding hydrogens is 400 g/mol. The van der Waals surface area contributed by atoms with Gasteiger partial charge in [-0.1, -0.05) is 80.4 Å². The van der Waals surface area contributed by atoms with Crippen molar-refractivity contribution in [1.29, 1.82) is 0 Å². The molecule has 0 bridgehead atoms. The van der Waals surface area contributed by atoms with Gasteiger partial charge >= 0.3 is 0 Å².